The van der Waals surface area contributed by atoms with Gasteiger partial charge in [-0.3, -0.25) is 0 Å². The van der Waals surface area contributed by atoms with E-state index in [-0.39, 0.29) is 5.28 Å². The van der Waals surface area contributed by atoms with Crippen molar-refractivity contribution in [2.45, 2.75) is 26.4 Å². The summed E-state index contributed by atoms with van der Waals surface area (Å²) in [4.78, 5) is 22.6. The average molecular weight is 433 g/mol. The van der Waals surface area contributed by atoms with Crippen LogP contribution in [-0.4, -0.2) is 63.6 Å². The van der Waals surface area contributed by atoms with Gasteiger partial charge in [0.05, 0.1) is 11.7 Å². The average Bonchev–Trinajstić information content (AvgIpc) is 3.03. The number of ether oxygens (including phenoxy) is 2. The molecule has 0 amide bonds. The van der Waals surface area contributed by atoms with Crippen LogP contribution in [-0.2, 0) is 4.74 Å². The zero-order chi connectivity index (χ0) is 21.9. The van der Waals surface area contributed by atoms with Crippen LogP contribution in [0.2, 0.25) is 5.28 Å². The van der Waals surface area contributed by atoms with Crippen molar-refractivity contribution in [2.75, 3.05) is 32.6 Å². The molecule has 10 heteroatoms. The fourth-order valence-electron chi connectivity index (χ4n) is 2.58. The van der Waals surface area contributed by atoms with Crippen molar-refractivity contribution >= 4 is 40.1 Å². The zero-order valence-corrected chi connectivity index (χ0v) is 18.4. The predicted molar refractivity (Wildman–Crippen MR) is 116 cm³/mol. The smallest absolute Gasteiger partial charge is 0.435 e. The molecule has 0 atom stereocenters. The Bertz CT molecular complexity index is 1040. The first-order chi connectivity index (χ1) is 14.1. The lowest BCUT2D eigenvalue weighted by Gasteiger charge is -2.19. The Kier molecular flexibility index (Phi) is 6.42. The first-order valence-corrected chi connectivity index (χ1v) is 9.79. The molecule has 160 valence electrons. The molecule has 3 rings (SSSR count). The summed E-state index contributed by atoms with van der Waals surface area (Å²) in [5, 5.41) is 8.18. The van der Waals surface area contributed by atoms with Crippen molar-refractivity contribution in [2.24, 2.45) is 0 Å². The monoisotopic (exact) mass is 432 g/mol. The highest BCUT2D eigenvalue weighted by atomic mass is 35.5. The number of carbonyl (C=O) groups excluding carboxylic acids is 1. The van der Waals surface area contributed by atoms with Crippen LogP contribution in [0, 0.1) is 0 Å². The molecule has 0 fully saturated rings. The van der Waals surface area contributed by atoms with Crippen molar-refractivity contribution in [3.63, 3.8) is 0 Å². The number of rotatable bonds is 6. The van der Waals surface area contributed by atoms with Crippen LogP contribution in [0.4, 0.5) is 16.3 Å². The van der Waals surface area contributed by atoms with Crippen molar-refractivity contribution in [1.82, 2.24) is 24.6 Å². The highest BCUT2D eigenvalue weighted by Gasteiger charge is 2.20. The molecule has 0 unspecified atom stereocenters. The van der Waals surface area contributed by atoms with Gasteiger partial charge in [0, 0.05) is 23.7 Å². The second kappa shape index (κ2) is 8.85. The first kappa shape index (κ1) is 21.8. The summed E-state index contributed by atoms with van der Waals surface area (Å²) in [7, 11) is 3.93. The summed E-state index contributed by atoms with van der Waals surface area (Å²) < 4.78 is 12.3. The Morgan fingerprint density at radius 3 is 2.70 bits per heavy atom. The van der Waals surface area contributed by atoms with E-state index in [4.69, 9.17) is 21.1 Å². The maximum absolute atomic E-state index is 12.3. The number of fused-ring (bicyclic) bond motifs is 1. The summed E-state index contributed by atoms with van der Waals surface area (Å²) >= 11 is 6.03. The molecule has 0 aliphatic rings. The molecule has 0 spiro atoms. The summed E-state index contributed by atoms with van der Waals surface area (Å²) in [6, 6.07) is 7.13. The van der Waals surface area contributed by atoms with Crippen molar-refractivity contribution in [3.8, 4) is 5.88 Å². The van der Waals surface area contributed by atoms with Crippen LogP contribution in [0.25, 0.3) is 10.9 Å². The van der Waals surface area contributed by atoms with E-state index >= 15 is 0 Å². The van der Waals surface area contributed by atoms with Gasteiger partial charge in [0.1, 0.15) is 18.0 Å². The van der Waals surface area contributed by atoms with Gasteiger partial charge in [0.25, 0.3) is 0 Å². The van der Waals surface area contributed by atoms with Gasteiger partial charge in [-0.2, -0.15) is 14.8 Å². The number of aromatic nitrogens is 4. The van der Waals surface area contributed by atoms with Crippen LogP contribution in [0.1, 0.15) is 20.8 Å². The van der Waals surface area contributed by atoms with Crippen molar-refractivity contribution < 1.29 is 14.3 Å². The third-order valence-electron chi connectivity index (χ3n) is 3.87. The molecule has 3 aromatic rings. The molecule has 9 nitrogen and oxygen atoms in total. The molecule has 0 saturated heterocycles. The van der Waals surface area contributed by atoms with Gasteiger partial charge in [-0.1, -0.05) is 0 Å². The van der Waals surface area contributed by atoms with Crippen LogP contribution in [0.15, 0.2) is 30.5 Å². The molecule has 1 N–H and O–H groups in total. The Balaban J connectivity index is 1.77. The van der Waals surface area contributed by atoms with Crippen LogP contribution in [0.3, 0.4) is 0 Å². The van der Waals surface area contributed by atoms with Gasteiger partial charge in [0.2, 0.25) is 11.2 Å². The lowest BCUT2D eigenvalue weighted by atomic mass is 10.2. The number of carbonyl (C=O) groups is 1. The van der Waals surface area contributed by atoms with Crippen LogP contribution in [0.5, 0.6) is 5.88 Å². The lowest BCUT2D eigenvalue weighted by molar-refractivity contribution is 0.0522. The second-order valence-electron chi connectivity index (χ2n) is 7.95. The van der Waals surface area contributed by atoms with Crippen molar-refractivity contribution in [3.05, 3.63) is 35.7 Å². The summed E-state index contributed by atoms with van der Waals surface area (Å²) in [5.41, 5.74) is 0.790. The Morgan fingerprint density at radius 1 is 1.23 bits per heavy atom. The third-order valence-corrected chi connectivity index (χ3v) is 4.04. The minimum Gasteiger partial charge on any atom is -0.476 e. The molecule has 2 heterocycles. The number of nitrogens with zero attached hydrogens (tertiary/aromatic N) is 5. The van der Waals surface area contributed by atoms with Gasteiger partial charge in [-0.25, -0.2) is 9.78 Å². The molecule has 1 aromatic carbocycles. The highest BCUT2D eigenvalue weighted by molar-refractivity contribution is 6.28. The van der Waals surface area contributed by atoms with Crippen LogP contribution >= 0.6 is 11.6 Å². The predicted octanol–water partition coefficient (Wildman–Crippen LogP) is 3.95. The maximum atomic E-state index is 12.3. The zero-order valence-electron chi connectivity index (χ0n) is 17.6. The minimum atomic E-state index is -0.602. The van der Waals surface area contributed by atoms with E-state index in [9.17, 15) is 4.79 Å². The lowest BCUT2D eigenvalue weighted by Crippen LogP contribution is -2.27. The van der Waals surface area contributed by atoms with Gasteiger partial charge in [-0.15, -0.1) is 0 Å². The second-order valence-corrected chi connectivity index (χ2v) is 8.29. The van der Waals surface area contributed by atoms with Gasteiger partial charge < -0.3 is 19.7 Å². The van der Waals surface area contributed by atoms with E-state index in [1.807, 2.05) is 51.9 Å². The molecule has 30 heavy (non-hydrogen) atoms. The van der Waals surface area contributed by atoms with E-state index in [0.717, 1.165) is 17.6 Å². The summed E-state index contributed by atoms with van der Waals surface area (Å²) in [6.45, 7) is 6.66. The van der Waals surface area contributed by atoms with Crippen LogP contribution < -0.4 is 10.1 Å². The normalized spacial score (nSPS) is 11.7. The van der Waals surface area contributed by atoms with Gasteiger partial charge in [-0.05, 0) is 64.7 Å². The Hall–Kier alpha value is -2.91. The SMILES string of the molecule is CN(C)CCOc1cc(Nc2ccc3c(cnn3C(=O)OC(C)(C)C)c2)nc(Cl)n1. The fourth-order valence-corrected chi connectivity index (χ4v) is 2.75. The van der Waals surface area contributed by atoms with E-state index in [0.29, 0.717) is 23.8 Å². The molecule has 2 aromatic heterocycles. The third kappa shape index (κ3) is 5.80. The molecule has 0 aliphatic carbocycles. The number of hydrogen-bond donors (Lipinski definition) is 1. The molecular weight excluding hydrogens is 408 g/mol. The summed E-state index contributed by atoms with van der Waals surface area (Å²) in [5.74, 6) is 0.881. The molecule has 0 bridgehead atoms. The van der Waals surface area contributed by atoms with Gasteiger partial charge in [0.15, 0.2) is 0 Å². The van der Waals surface area contributed by atoms with E-state index in [1.165, 1.54) is 4.68 Å². The number of nitrogens with one attached hydrogen (secondary N) is 1. The van der Waals surface area contributed by atoms with E-state index in [1.54, 1.807) is 18.3 Å². The maximum Gasteiger partial charge on any atom is 0.435 e. The Labute approximate surface area is 180 Å². The Morgan fingerprint density at radius 2 is 2.00 bits per heavy atom. The quantitative estimate of drug-likeness (QED) is 0.585. The molecule has 0 saturated carbocycles. The number of halogens is 1. The number of likely N-dealkylation sites (N-methyl/N-ethyl adjacent to an activating group) is 1. The first-order valence-electron chi connectivity index (χ1n) is 9.41. The van der Waals surface area contributed by atoms with Gasteiger partial charge >= 0.3 is 6.09 Å². The minimum absolute atomic E-state index is 0.0821. The number of benzene rings is 1. The standard InChI is InChI=1S/C20H25ClN6O3/c1-20(2,3)30-19(28)27-15-7-6-14(10-13(15)12-22-27)23-16-11-17(25-18(21)24-16)29-9-8-26(4)5/h6-7,10-12H,8-9H2,1-5H3,(H,23,24,25). The molecule has 0 radical (unpaired) electrons. The van der Waals surface area contributed by atoms with E-state index < -0.39 is 11.7 Å². The number of hydrogen-bond acceptors (Lipinski definition) is 8. The van der Waals surface area contributed by atoms with E-state index in [2.05, 4.69) is 20.4 Å². The molecular formula is C20H25ClN6O3. The molecule has 0 aliphatic heterocycles. The topological polar surface area (TPSA) is 94.4 Å². The number of anilines is 2. The van der Waals surface area contributed by atoms with Crippen molar-refractivity contribution in [1.29, 1.82) is 0 Å². The summed E-state index contributed by atoms with van der Waals surface area (Å²) in [6.07, 6.45) is 1.08. The largest absolute Gasteiger partial charge is 0.476 e. The highest BCUT2D eigenvalue weighted by Crippen LogP contribution is 2.24. The fraction of sp³-hybridized carbons (Fsp3) is 0.400.